The van der Waals surface area contributed by atoms with Crippen LogP contribution in [0.15, 0.2) is 30.3 Å². The van der Waals surface area contributed by atoms with E-state index in [1.165, 1.54) is 12.0 Å². The van der Waals surface area contributed by atoms with Crippen molar-refractivity contribution in [2.75, 3.05) is 27.2 Å². The van der Waals surface area contributed by atoms with Crippen LogP contribution in [0.25, 0.3) is 11.3 Å². The summed E-state index contributed by atoms with van der Waals surface area (Å²) in [5.41, 5.74) is 2.58. The Hall–Kier alpha value is -2.67. The molecule has 184 valence electrons. The zero-order chi connectivity index (χ0) is 24.5. The van der Waals surface area contributed by atoms with Gasteiger partial charge in [0.05, 0.1) is 12.2 Å². The average Bonchev–Trinajstić information content (AvgIpc) is 3.23. The van der Waals surface area contributed by atoms with E-state index in [1.807, 2.05) is 32.0 Å². The summed E-state index contributed by atoms with van der Waals surface area (Å²) in [7, 11) is 3.97. The Morgan fingerprint density at radius 1 is 1.18 bits per heavy atom. The average molecular weight is 466 g/mol. The predicted octanol–water partition coefficient (Wildman–Crippen LogP) is 3.90. The van der Waals surface area contributed by atoms with E-state index in [0.717, 1.165) is 36.9 Å². The second-order valence-corrected chi connectivity index (χ2v) is 10.7. The molecule has 0 radical (unpaired) electrons. The summed E-state index contributed by atoms with van der Waals surface area (Å²) in [6, 6.07) is 10.4. The lowest BCUT2D eigenvalue weighted by Crippen LogP contribution is -2.65. The summed E-state index contributed by atoms with van der Waals surface area (Å²) >= 11 is 0. The maximum absolute atomic E-state index is 13.7. The van der Waals surface area contributed by atoms with Gasteiger partial charge in [-0.2, -0.15) is 5.10 Å². The summed E-state index contributed by atoms with van der Waals surface area (Å²) in [4.78, 5) is 31.1. The number of hydrogen-bond acceptors (Lipinski definition) is 4. The molecule has 1 saturated carbocycles. The van der Waals surface area contributed by atoms with E-state index in [4.69, 9.17) is 5.10 Å². The highest BCUT2D eigenvalue weighted by molar-refractivity contribution is 6.00. The summed E-state index contributed by atoms with van der Waals surface area (Å²) in [6.07, 6.45) is 5.54. The first-order valence-corrected chi connectivity index (χ1v) is 12.6. The molecule has 2 aromatic rings. The second kappa shape index (κ2) is 9.90. The smallest absolute Gasteiger partial charge is 0.273 e. The van der Waals surface area contributed by atoms with Crippen molar-refractivity contribution in [1.29, 1.82) is 0 Å². The minimum atomic E-state index is -0.984. The van der Waals surface area contributed by atoms with Crippen LogP contribution in [0, 0.1) is 0 Å². The molecule has 1 aromatic heterocycles. The molecule has 1 fully saturated rings. The van der Waals surface area contributed by atoms with Gasteiger partial charge in [0.1, 0.15) is 11.2 Å². The molecule has 1 aliphatic carbocycles. The maximum Gasteiger partial charge on any atom is 0.273 e. The van der Waals surface area contributed by atoms with Crippen molar-refractivity contribution >= 4 is 11.8 Å². The van der Waals surface area contributed by atoms with Gasteiger partial charge in [-0.15, -0.1) is 0 Å². The van der Waals surface area contributed by atoms with Crippen molar-refractivity contribution in [1.82, 2.24) is 24.9 Å². The number of benzene rings is 1. The van der Waals surface area contributed by atoms with Crippen LogP contribution in [0.4, 0.5) is 0 Å². The van der Waals surface area contributed by atoms with Crippen LogP contribution in [0.2, 0.25) is 0 Å². The van der Waals surface area contributed by atoms with Gasteiger partial charge < -0.3 is 15.1 Å². The number of nitrogens with one attached hydrogen (secondary N) is 1. The fraction of sp³-hybridized carbons (Fsp3) is 0.593. The highest BCUT2D eigenvalue weighted by Crippen LogP contribution is 2.31. The van der Waals surface area contributed by atoms with Crippen molar-refractivity contribution in [3.05, 3.63) is 41.6 Å². The van der Waals surface area contributed by atoms with Gasteiger partial charge in [0.15, 0.2) is 0 Å². The van der Waals surface area contributed by atoms with E-state index >= 15 is 0 Å². The van der Waals surface area contributed by atoms with Gasteiger partial charge in [0.2, 0.25) is 5.91 Å². The maximum atomic E-state index is 13.7. The molecule has 0 unspecified atom stereocenters. The quantitative estimate of drug-likeness (QED) is 0.673. The van der Waals surface area contributed by atoms with E-state index in [1.54, 1.807) is 9.58 Å². The molecule has 1 N–H and O–H groups in total. The van der Waals surface area contributed by atoms with Gasteiger partial charge in [-0.3, -0.25) is 14.3 Å². The predicted molar refractivity (Wildman–Crippen MR) is 135 cm³/mol. The van der Waals surface area contributed by atoms with Crippen LogP contribution >= 0.6 is 0 Å². The van der Waals surface area contributed by atoms with E-state index < -0.39 is 5.54 Å². The highest BCUT2D eigenvalue weighted by Gasteiger charge is 2.48. The number of hydrogen-bond donors (Lipinski definition) is 1. The zero-order valence-corrected chi connectivity index (χ0v) is 21.3. The third kappa shape index (κ3) is 4.90. The number of carbonyl (C=O) groups is 2. The number of fused-ring (bicyclic) bond motifs is 1. The van der Waals surface area contributed by atoms with Crippen LogP contribution in [-0.2, 0) is 11.3 Å². The first kappa shape index (κ1) is 24.5. The fourth-order valence-electron chi connectivity index (χ4n) is 5.06. The van der Waals surface area contributed by atoms with E-state index in [9.17, 15) is 9.59 Å². The van der Waals surface area contributed by atoms with Gasteiger partial charge in [-0.1, -0.05) is 57.4 Å². The molecular weight excluding hydrogens is 426 g/mol. The third-order valence-electron chi connectivity index (χ3n) is 7.37. The van der Waals surface area contributed by atoms with Crippen LogP contribution in [0.3, 0.4) is 0 Å². The summed E-state index contributed by atoms with van der Waals surface area (Å²) in [5.74, 6) is 0.252. The lowest BCUT2D eigenvalue weighted by molar-refractivity contribution is -0.134. The van der Waals surface area contributed by atoms with E-state index in [2.05, 4.69) is 43.4 Å². The number of nitrogens with zero attached hydrogens (tertiary/aromatic N) is 4. The molecule has 7 nitrogen and oxygen atoms in total. The van der Waals surface area contributed by atoms with Crippen LogP contribution in [0.5, 0.6) is 0 Å². The Bertz CT molecular complexity index is 1020. The SMILES string of the molecule is CC(C)c1ccc(-c2cc3n(n2)C[C@](C)(C(=O)NC2CCCCC2)N(CCN(C)C)C3=O)cc1. The molecule has 2 heterocycles. The number of likely N-dealkylation sites (N-methyl/N-ethyl adjacent to an activating group) is 1. The Balaban J connectivity index is 1.64. The monoisotopic (exact) mass is 465 g/mol. The van der Waals surface area contributed by atoms with Gasteiger partial charge in [-0.05, 0) is 51.4 Å². The Morgan fingerprint density at radius 3 is 2.47 bits per heavy atom. The van der Waals surface area contributed by atoms with Crippen LogP contribution in [0.1, 0.15) is 74.8 Å². The van der Waals surface area contributed by atoms with Crippen molar-refractivity contribution in [3.8, 4) is 11.3 Å². The Morgan fingerprint density at radius 2 is 1.85 bits per heavy atom. The Labute approximate surface area is 203 Å². The molecule has 1 aromatic carbocycles. The van der Waals surface area contributed by atoms with Gasteiger partial charge >= 0.3 is 0 Å². The molecule has 1 atom stereocenters. The van der Waals surface area contributed by atoms with Crippen LogP contribution in [-0.4, -0.2) is 70.2 Å². The summed E-state index contributed by atoms with van der Waals surface area (Å²) in [5, 5.41) is 8.04. The summed E-state index contributed by atoms with van der Waals surface area (Å²) < 4.78 is 1.74. The number of amides is 2. The molecule has 7 heteroatoms. The normalized spacial score (nSPS) is 21.3. The molecule has 34 heavy (non-hydrogen) atoms. The summed E-state index contributed by atoms with van der Waals surface area (Å²) in [6.45, 7) is 7.76. The van der Waals surface area contributed by atoms with Crippen molar-refractivity contribution < 1.29 is 9.59 Å². The fourth-order valence-corrected chi connectivity index (χ4v) is 5.06. The minimum Gasteiger partial charge on any atom is -0.351 e. The molecule has 0 spiro atoms. The largest absolute Gasteiger partial charge is 0.351 e. The number of rotatable bonds is 7. The van der Waals surface area contributed by atoms with Crippen LogP contribution < -0.4 is 5.32 Å². The molecule has 2 aliphatic rings. The molecule has 0 saturated heterocycles. The van der Waals surface area contributed by atoms with Crippen molar-refractivity contribution in [2.24, 2.45) is 0 Å². The molecular formula is C27H39N5O2. The highest BCUT2D eigenvalue weighted by atomic mass is 16.2. The van der Waals surface area contributed by atoms with E-state index in [0.29, 0.717) is 31.2 Å². The van der Waals surface area contributed by atoms with Crippen molar-refractivity contribution in [2.45, 2.75) is 76.9 Å². The second-order valence-electron chi connectivity index (χ2n) is 10.7. The standard InChI is InChI=1S/C27H39N5O2/c1-19(2)20-11-13-21(14-12-20)23-17-24-25(33)31(16-15-30(4)5)27(3,18-32(24)29-23)26(34)28-22-9-7-6-8-10-22/h11-14,17,19,22H,6-10,15-16,18H2,1-5H3,(H,28,34)/t27-/m1/s1. The van der Waals surface area contributed by atoms with Crippen molar-refractivity contribution in [3.63, 3.8) is 0 Å². The molecule has 4 rings (SSSR count). The van der Waals surface area contributed by atoms with E-state index in [-0.39, 0.29) is 17.9 Å². The minimum absolute atomic E-state index is 0.0736. The lowest BCUT2D eigenvalue weighted by Gasteiger charge is -2.44. The molecule has 1 aliphatic heterocycles. The first-order valence-electron chi connectivity index (χ1n) is 12.6. The van der Waals surface area contributed by atoms with Gasteiger partial charge in [0, 0.05) is 24.7 Å². The number of carbonyl (C=O) groups excluding carboxylic acids is 2. The van der Waals surface area contributed by atoms with Gasteiger partial charge in [0.25, 0.3) is 5.91 Å². The lowest BCUT2D eigenvalue weighted by atomic mass is 9.91. The number of aromatic nitrogens is 2. The topological polar surface area (TPSA) is 70.5 Å². The third-order valence-corrected chi connectivity index (χ3v) is 7.37. The Kier molecular flexibility index (Phi) is 7.12. The first-order chi connectivity index (χ1) is 16.2. The van der Waals surface area contributed by atoms with Gasteiger partial charge in [-0.25, -0.2) is 0 Å². The molecule has 0 bridgehead atoms. The zero-order valence-electron chi connectivity index (χ0n) is 21.3. The molecule has 2 amide bonds.